The highest BCUT2D eigenvalue weighted by Crippen LogP contribution is 2.32. The van der Waals surface area contributed by atoms with E-state index in [-0.39, 0.29) is 5.82 Å². The zero-order chi connectivity index (χ0) is 13.8. The van der Waals surface area contributed by atoms with E-state index in [9.17, 15) is 4.39 Å². The Labute approximate surface area is 117 Å². The van der Waals surface area contributed by atoms with Crippen LogP contribution in [0.5, 0.6) is 0 Å². The number of benzene rings is 2. The molecule has 0 fully saturated rings. The standard InChI is InChI=1S/C15H16ClFN2/c1-19(2)15-13(16)4-3-5-14(15)18-10-11-6-8-12(17)9-7-11/h3-9,18H,10H2,1-2H3. The smallest absolute Gasteiger partial charge is 0.123 e. The molecule has 0 aliphatic rings. The lowest BCUT2D eigenvalue weighted by atomic mass is 10.2. The van der Waals surface area contributed by atoms with Gasteiger partial charge in [0.1, 0.15) is 5.82 Å². The Bertz CT molecular complexity index is 553. The normalized spacial score (nSPS) is 10.3. The first-order chi connectivity index (χ1) is 9.08. The minimum absolute atomic E-state index is 0.222. The van der Waals surface area contributed by atoms with Crippen molar-refractivity contribution in [1.82, 2.24) is 0 Å². The molecule has 2 rings (SSSR count). The van der Waals surface area contributed by atoms with Crippen molar-refractivity contribution in [2.75, 3.05) is 24.3 Å². The number of para-hydroxylation sites is 1. The molecule has 2 aromatic carbocycles. The molecule has 4 heteroatoms. The van der Waals surface area contributed by atoms with E-state index >= 15 is 0 Å². The van der Waals surface area contributed by atoms with Gasteiger partial charge in [0.15, 0.2) is 0 Å². The lowest BCUT2D eigenvalue weighted by Crippen LogP contribution is -2.12. The first-order valence-corrected chi connectivity index (χ1v) is 6.40. The van der Waals surface area contributed by atoms with Gasteiger partial charge in [-0.2, -0.15) is 0 Å². The summed E-state index contributed by atoms with van der Waals surface area (Å²) >= 11 is 6.20. The van der Waals surface area contributed by atoms with Gasteiger partial charge in [-0.05, 0) is 29.8 Å². The highest BCUT2D eigenvalue weighted by molar-refractivity contribution is 6.34. The molecule has 19 heavy (non-hydrogen) atoms. The summed E-state index contributed by atoms with van der Waals surface area (Å²) in [4.78, 5) is 1.97. The summed E-state index contributed by atoms with van der Waals surface area (Å²) in [6.45, 7) is 0.626. The maximum atomic E-state index is 12.8. The van der Waals surface area contributed by atoms with Crippen LogP contribution in [0, 0.1) is 5.82 Å². The van der Waals surface area contributed by atoms with E-state index in [1.54, 1.807) is 12.1 Å². The predicted molar refractivity (Wildman–Crippen MR) is 79.5 cm³/mol. The molecule has 0 amide bonds. The second-order valence-corrected chi connectivity index (χ2v) is 4.92. The van der Waals surface area contributed by atoms with E-state index in [1.165, 1.54) is 12.1 Å². The zero-order valence-corrected chi connectivity index (χ0v) is 11.7. The van der Waals surface area contributed by atoms with E-state index in [4.69, 9.17) is 11.6 Å². The fourth-order valence-electron chi connectivity index (χ4n) is 1.91. The summed E-state index contributed by atoms with van der Waals surface area (Å²) in [5.41, 5.74) is 2.93. The van der Waals surface area contributed by atoms with Crippen LogP contribution >= 0.6 is 11.6 Å². The SMILES string of the molecule is CN(C)c1c(Cl)cccc1NCc1ccc(F)cc1. The molecule has 0 unspecified atom stereocenters. The van der Waals surface area contributed by atoms with Crippen molar-refractivity contribution in [3.8, 4) is 0 Å². The molecule has 0 saturated heterocycles. The Morgan fingerprint density at radius 1 is 1.11 bits per heavy atom. The lowest BCUT2D eigenvalue weighted by molar-refractivity contribution is 0.627. The molecule has 0 atom stereocenters. The molecule has 0 aromatic heterocycles. The number of hydrogen-bond donors (Lipinski definition) is 1. The van der Waals surface area contributed by atoms with Crippen LogP contribution in [-0.2, 0) is 6.54 Å². The Kier molecular flexibility index (Phi) is 4.27. The van der Waals surface area contributed by atoms with Crippen molar-refractivity contribution in [3.05, 3.63) is 58.9 Å². The van der Waals surface area contributed by atoms with Crippen molar-refractivity contribution in [1.29, 1.82) is 0 Å². The molecule has 1 N–H and O–H groups in total. The largest absolute Gasteiger partial charge is 0.379 e. The molecule has 0 saturated carbocycles. The van der Waals surface area contributed by atoms with Gasteiger partial charge in [0.05, 0.1) is 16.4 Å². The van der Waals surface area contributed by atoms with E-state index in [2.05, 4.69) is 5.32 Å². The second-order valence-electron chi connectivity index (χ2n) is 4.51. The number of hydrogen-bond acceptors (Lipinski definition) is 2. The quantitative estimate of drug-likeness (QED) is 0.903. The van der Waals surface area contributed by atoms with Crippen LogP contribution in [0.2, 0.25) is 5.02 Å². The highest BCUT2D eigenvalue weighted by atomic mass is 35.5. The van der Waals surface area contributed by atoms with Crippen LogP contribution in [-0.4, -0.2) is 14.1 Å². The number of anilines is 2. The van der Waals surface area contributed by atoms with Gasteiger partial charge in [0, 0.05) is 20.6 Å². The average Bonchev–Trinajstić information content (AvgIpc) is 2.37. The maximum Gasteiger partial charge on any atom is 0.123 e. The third-order valence-corrected chi connectivity index (χ3v) is 3.14. The first-order valence-electron chi connectivity index (χ1n) is 6.02. The van der Waals surface area contributed by atoms with Crippen LogP contribution in [0.25, 0.3) is 0 Å². The number of nitrogens with zero attached hydrogens (tertiary/aromatic N) is 1. The minimum Gasteiger partial charge on any atom is -0.379 e. The van der Waals surface area contributed by atoms with Crippen LogP contribution in [0.15, 0.2) is 42.5 Å². The molecule has 0 radical (unpaired) electrons. The van der Waals surface area contributed by atoms with Crippen LogP contribution in [0.4, 0.5) is 15.8 Å². The van der Waals surface area contributed by atoms with Gasteiger partial charge < -0.3 is 10.2 Å². The van der Waals surface area contributed by atoms with Crippen molar-refractivity contribution >= 4 is 23.0 Å². The average molecular weight is 279 g/mol. The van der Waals surface area contributed by atoms with E-state index in [1.807, 2.05) is 37.2 Å². The molecule has 2 aromatic rings. The van der Waals surface area contributed by atoms with E-state index in [0.717, 1.165) is 16.9 Å². The van der Waals surface area contributed by atoms with Crippen molar-refractivity contribution in [3.63, 3.8) is 0 Å². The topological polar surface area (TPSA) is 15.3 Å². The van der Waals surface area contributed by atoms with Crippen molar-refractivity contribution in [2.45, 2.75) is 6.54 Å². The van der Waals surface area contributed by atoms with Crippen molar-refractivity contribution in [2.24, 2.45) is 0 Å². The summed E-state index contributed by atoms with van der Waals surface area (Å²) in [6, 6.07) is 12.2. The molecule has 0 aliphatic heterocycles. The number of rotatable bonds is 4. The summed E-state index contributed by atoms with van der Waals surface area (Å²) in [6.07, 6.45) is 0. The van der Waals surface area contributed by atoms with Gasteiger partial charge in [0.25, 0.3) is 0 Å². The van der Waals surface area contributed by atoms with E-state index < -0.39 is 0 Å². The second kappa shape index (κ2) is 5.93. The predicted octanol–water partition coefficient (Wildman–Crippen LogP) is 4.16. The summed E-state index contributed by atoms with van der Waals surface area (Å²) in [5.74, 6) is -0.222. The molecular formula is C15H16ClFN2. The molecule has 100 valence electrons. The molecule has 0 aliphatic carbocycles. The van der Waals surface area contributed by atoms with Crippen LogP contribution in [0.1, 0.15) is 5.56 Å². The minimum atomic E-state index is -0.222. The maximum absolute atomic E-state index is 12.8. The fourth-order valence-corrected chi connectivity index (χ4v) is 2.26. The third-order valence-electron chi connectivity index (χ3n) is 2.83. The molecule has 2 nitrogen and oxygen atoms in total. The molecule has 0 bridgehead atoms. The number of halogens is 2. The monoisotopic (exact) mass is 278 g/mol. The number of nitrogens with one attached hydrogen (secondary N) is 1. The molecular weight excluding hydrogens is 263 g/mol. The van der Waals surface area contributed by atoms with Gasteiger partial charge >= 0.3 is 0 Å². The Morgan fingerprint density at radius 3 is 2.42 bits per heavy atom. The Morgan fingerprint density at radius 2 is 1.79 bits per heavy atom. The summed E-state index contributed by atoms with van der Waals surface area (Å²) in [7, 11) is 3.90. The van der Waals surface area contributed by atoms with Gasteiger partial charge in [-0.15, -0.1) is 0 Å². The summed E-state index contributed by atoms with van der Waals surface area (Å²) < 4.78 is 12.8. The zero-order valence-electron chi connectivity index (χ0n) is 11.0. The van der Waals surface area contributed by atoms with Gasteiger partial charge in [-0.1, -0.05) is 29.8 Å². The Hall–Kier alpha value is -1.74. The van der Waals surface area contributed by atoms with Crippen LogP contribution in [0.3, 0.4) is 0 Å². The fraction of sp³-hybridized carbons (Fsp3) is 0.200. The van der Waals surface area contributed by atoms with E-state index in [0.29, 0.717) is 11.6 Å². The first kappa shape index (κ1) is 13.7. The summed E-state index contributed by atoms with van der Waals surface area (Å²) in [5, 5.41) is 4.03. The van der Waals surface area contributed by atoms with Crippen molar-refractivity contribution < 1.29 is 4.39 Å². The van der Waals surface area contributed by atoms with Gasteiger partial charge in [0.2, 0.25) is 0 Å². The van der Waals surface area contributed by atoms with Gasteiger partial charge in [-0.25, -0.2) is 4.39 Å². The molecule has 0 spiro atoms. The Balaban J connectivity index is 2.15. The van der Waals surface area contributed by atoms with Gasteiger partial charge in [-0.3, -0.25) is 0 Å². The third kappa shape index (κ3) is 3.38. The highest BCUT2D eigenvalue weighted by Gasteiger charge is 2.08. The van der Waals surface area contributed by atoms with Crippen LogP contribution < -0.4 is 10.2 Å². The lowest BCUT2D eigenvalue weighted by Gasteiger charge is -2.20. The molecule has 0 heterocycles.